The Morgan fingerprint density at radius 1 is 1.14 bits per heavy atom. The fraction of sp³-hybridized carbons (Fsp3) is 0.250. The van der Waals surface area contributed by atoms with Gasteiger partial charge < -0.3 is 8.92 Å². The highest BCUT2D eigenvalue weighted by Gasteiger charge is 2.20. The highest BCUT2D eigenvalue weighted by molar-refractivity contribution is 7.87. The van der Waals surface area contributed by atoms with Crippen molar-refractivity contribution in [2.45, 2.75) is 38.5 Å². The van der Waals surface area contributed by atoms with Gasteiger partial charge in [0.2, 0.25) is 5.13 Å². The summed E-state index contributed by atoms with van der Waals surface area (Å²) in [5, 5.41) is 21.1. The summed E-state index contributed by atoms with van der Waals surface area (Å²) in [5.41, 5.74) is 1.20. The molecule has 0 aliphatic carbocycles. The number of rotatable bonds is 10. The van der Waals surface area contributed by atoms with Crippen LogP contribution < -0.4 is 14.2 Å². The normalized spacial score (nSPS) is 11.5. The molecule has 0 atom stereocenters. The predicted octanol–water partition coefficient (Wildman–Crippen LogP) is 4.51. The van der Waals surface area contributed by atoms with Gasteiger partial charge in [-0.25, -0.2) is 0 Å². The van der Waals surface area contributed by atoms with E-state index in [-0.39, 0.29) is 28.6 Å². The summed E-state index contributed by atoms with van der Waals surface area (Å²) in [6.45, 7) is 5.85. The number of benzene rings is 2. The quantitative estimate of drug-likeness (QED) is 0.238. The maximum atomic E-state index is 12.7. The number of carbonyl (C=O) groups is 1. The largest absolute Gasteiger partial charge is 0.490 e. The number of aryl methyl sites for hydroxylation is 2. The van der Waals surface area contributed by atoms with Gasteiger partial charge in [0.15, 0.2) is 11.5 Å². The average Bonchev–Trinajstić information content (AvgIpc) is 3.26. The van der Waals surface area contributed by atoms with E-state index in [4.69, 9.17) is 8.92 Å². The third-order valence-electron chi connectivity index (χ3n) is 4.60. The molecule has 0 aliphatic heterocycles. The van der Waals surface area contributed by atoms with Crippen molar-refractivity contribution in [2.24, 2.45) is 0 Å². The topological polar surface area (TPSA) is 131 Å². The van der Waals surface area contributed by atoms with Gasteiger partial charge in [-0.2, -0.15) is 13.7 Å². The first-order valence-electron chi connectivity index (χ1n) is 10.8. The van der Waals surface area contributed by atoms with E-state index in [1.807, 2.05) is 19.9 Å². The SMILES string of the molecule is CCCc1nnc(NC(=O)C(C#N)=Cc2ccc(OS(=O)(=O)c3ccc(C)cc3)c(OCC)c2)s1. The molecule has 3 rings (SSSR count). The first-order chi connectivity index (χ1) is 16.7. The maximum absolute atomic E-state index is 12.7. The number of nitrogens with one attached hydrogen (secondary N) is 1. The molecule has 0 fully saturated rings. The molecule has 0 saturated heterocycles. The number of nitrogens with zero attached hydrogens (tertiary/aromatic N) is 3. The second-order valence-electron chi connectivity index (χ2n) is 7.36. The van der Waals surface area contributed by atoms with Crippen LogP contribution in [0, 0.1) is 18.3 Å². The monoisotopic (exact) mass is 512 g/mol. The van der Waals surface area contributed by atoms with Gasteiger partial charge in [-0.05, 0) is 56.2 Å². The van der Waals surface area contributed by atoms with Crippen LogP contribution in [0.5, 0.6) is 11.5 Å². The third kappa shape index (κ3) is 6.88. The smallest absolute Gasteiger partial charge is 0.339 e. The zero-order chi connectivity index (χ0) is 25.4. The first kappa shape index (κ1) is 25.9. The zero-order valence-corrected chi connectivity index (χ0v) is 21.1. The first-order valence-corrected chi connectivity index (χ1v) is 13.0. The van der Waals surface area contributed by atoms with Crippen LogP contribution in [0.1, 0.15) is 36.4 Å². The number of nitriles is 1. The summed E-state index contributed by atoms with van der Waals surface area (Å²) in [6, 6.07) is 12.6. The van der Waals surface area contributed by atoms with Gasteiger partial charge in [-0.1, -0.05) is 42.0 Å². The van der Waals surface area contributed by atoms with E-state index in [0.717, 1.165) is 23.4 Å². The summed E-state index contributed by atoms with van der Waals surface area (Å²) in [7, 11) is -4.09. The maximum Gasteiger partial charge on any atom is 0.339 e. The minimum absolute atomic E-state index is 0.00940. The van der Waals surface area contributed by atoms with Crippen molar-refractivity contribution in [1.29, 1.82) is 5.26 Å². The van der Waals surface area contributed by atoms with E-state index in [0.29, 0.717) is 10.7 Å². The molecule has 35 heavy (non-hydrogen) atoms. The molecule has 0 radical (unpaired) electrons. The van der Waals surface area contributed by atoms with Crippen LogP contribution in [0.15, 0.2) is 52.9 Å². The van der Waals surface area contributed by atoms with E-state index in [2.05, 4.69) is 15.5 Å². The van der Waals surface area contributed by atoms with Crippen LogP contribution in [0.3, 0.4) is 0 Å². The molecule has 0 saturated carbocycles. The average molecular weight is 513 g/mol. The Morgan fingerprint density at radius 3 is 2.54 bits per heavy atom. The van der Waals surface area contributed by atoms with Crippen LogP contribution in [0.2, 0.25) is 0 Å². The van der Waals surface area contributed by atoms with Crippen molar-refractivity contribution in [3.63, 3.8) is 0 Å². The summed E-state index contributed by atoms with van der Waals surface area (Å²) >= 11 is 1.25. The van der Waals surface area contributed by atoms with Crippen molar-refractivity contribution < 1.29 is 22.1 Å². The van der Waals surface area contributed by atoms with Crippen molar-refractivity contribution in [2.75, 3.05) is 11.9 Å². The molecule has 1 amide bonds. The minimum Gasteiger partial charge on any atom is -0.490 e. The van der Waals surface area contributed by atoms with Crippen molar-refractivity contribution in [3.05, 3.63) is 64.2 Å². The van der Waals surface area contributed by atoms with Crippen LogP contribution in [-0.4, -0.2) is 31.1 Å². The highest BCUT2D eigenvalue weighted by Crippen LogP contribution is 2.32. The summed E-state index contributed by atoms with van der Waals surface area (Å²) in [4.78, 5) is 12.6. The van der Waals surface area contributed by atoms with Gasteiger partial charge in [0.05, 0.1) is 6.61 Å². The van der Waals surface area contributed by atoms with Gasteiger partial charge in [-0.3, -0.25) is 10.1 Å². The lowest BCUT2D eigenvalue weighted by atomic mass is 10.1. The second kappa shape index (κ2) is 11.6. The Kier molecular flexibility index (Phi) is 8.57. The lowest BCUT2D eigenvalue weighted by Gasteiger charge is -2.13. The number of aromatic nitrogens is 2. The number of amides is 1. The summed E-state index contributed by atoms with van der Waals surface area (Å²) in [6.07, 6.45) is 3.02. The number of carbonyl (C=O) groups excluding carboxylic acids is 1. The van der Waals surface area contributed by atoms with Gasteiger partial charge in [0, 0.05) is 6.42 Å². The van der Waals surface area contributed by atoms with Gasteiger partial charge in [-0.15, -0.1) is 10.2 Å². The zero-order valence-electron chi connectivity index (χ0n) is 19.4. The fourth-order valence-electron chi connectivity index (χ4n) is 2.92. The molecule has 0 unspecified atom stereocenters. The van der Waals surface area contributed by atoms with Crippen LogP contribution in [0.25, 0.3) is 6.08 Å². The van der Waals surface area contributed by atoms with E-state index < -0.39 is 16.0 Å². The van der Waals surface area contributed by atoms with Gasteiger partial charge >= 0.3 is 10.1 Å². The van der Waals surface area contributed by atoms with E-state index in [1.54, 1.807) is 19.1 Å². The van der Waals surface area contributed by atoms with Crippen LogP contribution in [-0.2, 0) is 21.3 Å². The molecule has 0 bridgehead atoms. The number of anilines is 1. The number of ether oxygens (including phenoxy) is 1. The fourth-order valence-corrected chi connectivity index (χ4v) is 4.70. The number of hydrogen-bond donors (Lipinski definition) is 1. The third-order valence-corrected chi connectivity index (χ3v) is 6.75. The minimum atomic E-state index is -4.09. The summed E-state index contributed by atoms with van der Waals surface area (Å²) < 4.78 is 36.2. The molecule has 11 heteroatoms. The Labute approximate surface area is 208 Å². The molecule has 9 nitrogen and oxygen atoms in total. The predicted molar refractivity (Wildman–Crippen MR) is 133 cm³/mol. The Morgan fingerprint density at radius 2 is 1.89 bits per heavy atom. The lowest BCUT2D eigenvalue weighted by Crippen LogP contribution is -2.13. The molecule has 2 aromatic carbocycles. The van der Waals surface area contributed by atoms with Crippen molar-refractivity contribution in [3.8, 4) is 17.6 Å². The van der Waals surface area contributed by atoms with E-state index in [9.17, 15) is 18.5 Å². The van der Waals surface area contributed by atoms with Crippen LogP contribution >= 0.6 is 11.3 Å². The molecular weight excluding hydrogens is 488 g/mol. The molecular formula is C24H24N4O5S2. The van der Waals surface area contributed by atoms with E-state index in [1.165, 1.54) is 47.7 Å². The van der Waals surface area contributed by atoms with E-state index >= 15 is 0 Å². The van der Waals surface area contributed by atoms with Gasteiger partial charge in [0.25, 0.3) is 5.91 Å². The highest BCUT2D eigenvalue weighted by atomic mass is 32.2. The molecule has 3 aromatic rings. The van der Waals surface area contributed by atoms with Crippen molar-refractivity contribution >= 4 is 38.6 Å². The second-order valence-corrected chi connectivity index (χ2v) is 9.97. The molecule has 0 spiro atoms. The van der Waals surface area contributed by atoms with Crippen molar-refractivity contribution in [1.82, 2.24) is 10.2 Å². The van der Waals surface area contributed by atoms with Gasteiger partial charge in [0.1, 0.15) is 21.5 Å². The molecule has 1 N–H and O–H groups in total. The standard InChI is InChI=1S/C24H24N4O5S2/c1-4-6-22-27-28-24(34-22)26-23(29)18(15-25)13-17-9-12-20(21(14-17)32-5-2)33-35(30,31)19-10-7-16(3)8-11-19/h7-14H,4-6H2,1-3H3,(H,26,28,29). The Balaban J connectivity index is 1.83. The summed E-state index contributed by atoms with van der Waals surface area (Å²) in [5.74, 6) is -0.486. The lowest BCUT2D eigenvalue weighted by molar-refractivity contribution is -0.112. The Bertz CT molecular complexity index is 1370. The molecule has 0 aliphatic rings. The Hall–Kier alpha value is -3.75. The molecule has 1 aromatic heterocycles. The molecule has 182 valence electrons. The van der Waals surface area contributed by atoms with Crippen LogP contribution in [0.4, 0.5) is 5.13 Å². The molecule has 1 heterocycles. The number of hydrogen-bond acceptors (Lipinski definition) is 9.